The number of H-pyrrole nitrogens is 1. The first-order chi connectivity index (χ1) is 16.7. The quantitative estimate of drug-likeness (QED) is 0.652. The minimum absolute atomic E-state index is 0.0169. The summed E-state index contributed by atoms with van der Waals surface area (Å²) < 4.78 is 42.3. The number of carbonyl (C=O) groups excluding carboxylic acids is 1. The third kappa shape index (κ3) is 5.58. The second kappa shape index (κ2) is 9.37. The number of nitrogens with zero attached hydrogens (tertiary/aromatic N) is 3. The molecule has 0 radical (unpaired) electrons. The van der Waals surface area contributed by atoms with Crippen LogP contribution < -0.4 is 4.74 Å². The van der Waals surface area contributed by atoms with Crippen molar-refractivity contribution < 1.29 is 27.8 Å². The van der Waals surface area contributed by atoms with Crippen LogP contribution in [0.2, 0.25) is 0 Å². The summed E-state index contributed by atoms with van der Waals surface area (Å²) in [5.74, 6) is 0.294. The number of amides is 2. The van der Waals surface area contributed by atoms with Gasteiger partial charge >= 0.3 is 12.4 Å². The molecular formula is C25H31F3N4O3. The van der Waals surface area contributed by atoms with Crippen molar-refractivity contribution >= 4 is 6.03 Å². The maximum absolute atomic E-state index is 13.4. The van der Waals surface area contributed by atoms with Gasteiger partial charge in [-0.15, -0.1) is 13.2 Å². The molecule has 3 heterocycles. The summed E-state index contributed by atoms with van der Waals surface area (Å²) in [6.45, 7) is 3.65. The third-order valence-corrected chi connectivity index (χ3v) is 7.41. The van der Waals surface area contributed by atoms with Crippen LogP contribution in [0.5, 0.6) is 5.75 Å². The Morgan fingerprint density at radius 3 is 2.43 bits per heavy atom. The van der Waals surface area contributed by atoms with Gasteiger partial charge in [-0.2, -0.15) is 5.10 Å². The topological polar surface area (TPSA) is 81.7 Å². The maximum atomic E-state index is 13.4. The SMILES string of the molecule is Cc1cc(C2CC(c3cc(C4CC4)[nH]n3)CN(C(=O)N3CCC(O)CC3)C2)ccc1OC(F)(F)F. The molecule has 1 saturated carbocycles. The number of piperidine rings is 2. The lowest BCUT2D eigenvalue weighted by atomic mass is 9.82. The Kier molecular flexibility index (Phi) is 6.41. The van der Waals surface area contributed by atoms with Gasteiger partial charge in [0.15, 0.2) is 0 Å². The lowest BCUT2D eigenvalue weighted by Crippen LogP contribution is -2.51. The first kappa shape index (κ1) is 24.0. The molecule has 35 heavy (non-hydrogen) atoms. The van der Waals surface area contributed by atoms with E-state index in [0.717, 1.165) is 36.2 Å². The third-order valence-electron chi connectivity index (χ3n) is 7.41. The van der Waals surface area contributed by atoms with Crippen LogP contribution in [-0.4, -0.2) is 69.8 Å². The molecule has 2 N–H and O–H groups in total. The van der Waals surface area contributed by atoms with Gasteiger partial charge in [-0.25, -0.2) is 4.79 Å². The number of nitrogens with one attached hydrogen (secondary N) is 1. The molecule has 1 aromatic heterocycles. The van der Waals surface area contributed by atoms with E-state index in [0.29, 0.717) is 50.5 Å². The van der Waals surface area contributed by atoms with Crippen molar-refractivity contribution in [2.75, 3.05) is 26.2 Å². The number of ether oxygens (including phenoxy) is 1. The normalized spacial score (nSPS) is 24.0. The van der Waals surface area contributed by atoms with Gasteiger partial charge in [-0.1, -0.05) is 12.1 Å². The molecule has 2 unspecified atom stereocenters. The number of carbonyl (C=O) groups is 1. The number of alkyl halides is 3. The molecule has 3 fully saturated rings. The summed E-state index contributed by atoms with van der Waals surface area (Å²) in [5.41, 5.74) is 3.35. The lowest BCUT2D eigenvalue weighted by molar-refractivity contribution is -0.274. The van der Waals surface area contributed by atoms with Crippen molar-refractivity contribution in [2.45, 2.75) is 69.2 Å². The smallest absolute Gasteiger partial charge is 0.406 e. The van der Waals surface area contributed by atoms with E-state index in [-0.39, 0.29) is 29.7 Å². The predicted octanol–water partition coefficient (Wildman–Crippen LogP) is 4.64. The van der Waals surface area contributed by atoms with Crippen molar-refractivity contribution in [3.05, 3.63) is 46.8 Å². The maximum Gasteiger partial charge on any atom is 0.573 e. The molecule has 10 heteroatoms. The largest absolute Gasteiger partial charge is 0.573 e. The van der Waals surface area contributed by atoms with Crippen LogP contribution in [0.25, 0.3) is 0 Å². The summed E-state index contributed by atoms with van der Waals surface area (Å²) >= 11 is 0. The predicted molar refractivity (Wildman–Crippen MR) is 122 cm³/mol. The Labute approximate surface area is 202 Å². The average molecular weight is 493 g/mol. The van der Waals surface area contributed by atoms with Crippen LogP contribution >= 0.6 is 0 Å². The van der Waals surface area contributed by atoms with Gasteiger partial charge in [0.2, 0.25) is 0 Å². The molecule has 2 amide bonds. The minimum atomic E-state index is -4.74. The number of aliphatic hydroxyl groups excluding tert-OH is 1. The fraction of sp³-hybridized carbons (Fsp3) is 0.600. The summed E-state index contributed by atoms with van der Waals surface area (Å²) in [6, 6.07) is 6.81. The van der Waals surface area contributed by atoms with Gasteiger partial charge in [-0.05, 0) is 62.3 Å². The molecular weight excluding hydrogens is 461 g/mol. The fourth-order valence-electron chi connectivity index (χ4n) is 5.30. The highest BCUT2D eigenvalue weighted by Gasteiger charge is 2.37. The minimum Gasteiger partial charge on any atom is -0.406 e. The number of halogens is 3. The molecule has 190 valence electrons. The van der Waals surface area contributed by atoms with Gasteiger partial charge in [0.25, 0.3) is 0 Å². The van der Waals surface area contributed by atoms with Crippen LogP contribution in [-0.2, 0) is 0 Å². The van der Waals surface area contributed by atoms with Crippen LogP contribution in [0.3, 0.4) is 0 Å². The summed E-state index contributed by atoms with van der Waals surface area (Å²) in [5, 5.41) is 17.5. The molecule has 7 nitrogen and oxygen atoms in total. The van der Waals surface area contributed by atoms with Crippen molar-refractivity contribution in [1.82, 2.24) is 20.0 Å². The average Bonchev–Trinajstić information content (AvgIpc) is 3.55. The van der Waals surface area contributed by atoms with Crippen molar-refractivity contribution in [3.63, 3.8) is 0 Å². The van der Waals surface area contributed by atoms with Crippen LogP contribution in [0.15, 0.2) is 24.3 Å². The number of hydrogen-bond donors (Lipinski definition) is 2. The Morgan fingerprint density at radius 2 is 1.77 bits per heavy atom. The zero-order chi connectivity index (χ0) is 24.7. The van der Waals surface area contributed by atoms with E-state index in [2.05, 4.69) is 21.0 Å². The number of likely N-dealkylation sites (tertiary alicyclic amines) is 2. The van der Waals surface area contributed by atoms with E-state index in [1.54, 1.807) is 24.0 Å². The van der Waals surface area contributed by atoms with Crippen molar-refractivity contribution in [3.8, 4) is 5.75 Å². The molecule has 0 bridgehead atoms. The monoisotopic (exact) mass is 492 g/mol. The number of aromatic nitrogens is 2. The first-order valence-corrected chi connectivity index (χ1v) is 12.3. The van der Waals surface area contributed by atoms with Crippen LogP contribution in [0.4, 0.5) is 18.0 Å². The number of aryl methyl sites for hydroxylation is 1. The lowest BCUT2D eigenvalue weighted by Gasteiger charge is -2.41. The highest BCUT2D eigenvalue weighted by atomic mass is 19.4. The van der Waals surface area contributed by atoms with E-state index >= 15 is 0 Å². The van der Waals surface area contributed by atoms with Crippen molar-refractivity contribution in [1.29, 1.82) is 0 Å². The summed E-state index contributed by atoms with van der Waals surface area (Å²) in [7, 11) is 0. The standard InChI is InChI=1S/C25H31F3N4O3/c1-15-10-17(4-5-23(15)35-25(26,27)28)18-11-19(22-12-21(29-30-22)16-2-3-16)14-32(13-18)24(34)31-8-6-20(33)7-9-31/h4-5,10,12,16,18-20,33H,2-3,6-9,11,13-14H2,1H3,(H,29,30). The number of hydrogen-bond acceptors (Lipinski definition) is 4. The molecule has 2 aromatic rings. The number of aromatic amines is 1. The first-order valence-electron chi connectivity index (χ1n) is 12.3. The van der Waals surface area contributed by atoms with E-state index < -0.39 is 6.36 Å². The van der Waals surface area contributed by atoms with E-state index in [1.165, 1.54) is 6.07 Å². The Morgan fingerprint density at radius 1 is 1.06 bits per heavy atom. The Hall–Kier alpha value is -2.75. The molecule has 0 spiro atoms. The second-order valence-electron chi connectivity index (χ2n) is 10.1. The highest BCUT2D eigenvalue weighted by molar-refractivity contribution is 5.75. The number of rotatable bonds is 4. The molecule has 2 atom stereocenters. The molecule has 2 aliphatic heterocycles. The number of aliphatic hydroxyl groups is 1. The van der Waals surface area contributed by atoms with E-state index in [1.807, 2.05) is 4.90 Å². The van der Waals surface area contributed by atoms with Crippen LogP contribution in [0.1, 0.15) is 72.4 Å². The molecule has 5 rings (SSSR count). The zero-order valence-electron chi connectivity index (χ0n) is 19.7. The number of urea groups is 1. The van der Waals surface area contributed by atoms with E-state index in [4.69, 9.17) is 0 Å². The number of benzene rings is 1. The van der Waals surface area contributed by atoms with E-state index in [9.17, 15) is 23.1 Å². The van der Waals surface area contributed by atoms with Gasteiger partial charge in [0.05, 0.1) is 11.8 Å². The molecule has 3 aliphatic rings. The molecule has 2 saturated heterocycles. The second-order valence-corrected chi connectivity index (χ2v) is 10.1. The van der Waals surface area contributed by atoms with Crippen LogP contribution in [0, 0.1) is 6.92 Å². The van der Waals surface area contributed by atoms with Gasteiger partial charge < -0.3 is 19.6 Å². The Bertz CT molecular complexity index is 1060. The molecule has 1 aliphatic carbocycles. The summed E-state index contributed by atoms with van der Waals surface area (Å²) in [4.78, 5) is 17.0. The van der Waals surface area contributed by atoms with Gasteiger partial charge in [0, 0.05) is 49.6 Å². The molecule has 1 aromatic carbocycles. The highest BCUT2D eigenvalue weighted by Crippen LogP contribution is 2.42. The fourth-order valence-corrected chi connectivity index (χ4v) is 5.30. The van der Waals surface area contributed by atoms with Gasteiger partial charge in [0.1, 0.15) is 5.75 Å². The summed E-state index contributed by atoms with van der Waals surface area (Å²) in [6.07, 6.45) is -0.917. The van der Waals surface area contributed by atoms with Gasteiger partial charge in [-0.3, -0.25) is 5.10 Å². The zero-order valence-corrected chi connectivity index (χ0v) is 19.7. The Balaban J connectivity index is 1.38. The van der Waals surface area contributed by atoms with Crippen molar-refractivity contribution in [2.24, 2.45) is 0 Å².